The third kappa shape index (κ3) is 2.65. The fourth-order valence-electron chi connectivity index (χ4n) is 4.44. The fourth-order valence-corrected chi connectivity index (χ4v) is 4.44. The van der Waals surface area contributed by atoms with Gasteiger partial charge in [0.05, 0.1) is 17.5 Å². The Hall–Kier alpha value is -2.18. The van der Waals surface area contributed by atoms with Crippen LogP contribution < -0.4 is 5.32 Å². The molecule has 4 rings (SSSR count). The number of carbonyl (C=O) groups is 1. The normalized spacial score (nSPS) is 30.5. The highest BCUT2D eigenvalue weighted by atomic mass is 19.4. The standard InChI is InChI=1S/C18H16F4N2O/c1-16-6-13(16)17(8-16,9-18(20,21)22)24-15(25)11-5-10-3-2-4-12(19)14(10)23-7-11/h2-5,7,13H,6,8-9H2,1H3,(H,24,25)/t13?,16?,17-/m0/s1. The number of alkyl halides is 3. The van der Waals surface area contributed by atoms with E-state index >= 15 is 0 Å². The molecule has 3 nitrogen and oxygen atoms in total. The van der Waals surface area contributed by atoms with Crippen LogP contribution in [-0.4, -0.2) is 22.6 Å². The maximum Gasteiger partial charge on any atom is 0.391 e. The van der Waals surface area contributed by atoms with Crippen molar-refractivity contribution in [3.05, 3.63) is 41.8 Å². The number of carbonyl (C=O) groups excluding carboxylic acids is 1. The van der Waals surface area contributed by atoms with Crippen LogP contribution in [0.4, 0.5) is 17.6 Å². The average molecular weight is 352 g/mol. The van der Waals surface area contributed by atoms with E-state index < -0.39 is 29.9 Å². The van der Waals surface area contributed by atoms with Gasteiger partial charge in [0, 0.05) is 11.6 Å². The molecule has 0 aliphatic heterocycles. The van der Waals surface area contributed by atoms with Crippen LogP contribution in [0.25, 0.3) is 10.9 Å². The molecule has 7 heteroatoms. The molecule has 0 bridgehead atoms. The van der Waals surface area contributed by atoms with E-state index in [2.05, 4.69) is 10.3 Å². The molecule has 1 N–H and O–H groups in total. The maximum atomic E-state index is 13.7. The molecule has 1 heterocycles. The lowest BCUT2D eigenvalue weighted by Gasteiger charge is -2.46. The lowest BCUT2D eigenvalue weighted by Crippen LogP contribution is -2.60. The minimum Gasteiger partial charge on any atom is -0.346 e. The summed E-state index contributed by atoms with van der Waals surface area (Å²) in [6, 6.07) is 5.81. The number of nitrogens with one attached hydrogen (secondary N) is 1. The first-order valence-electron chi connectivity index (χ1n) is 8.06. The van der Waals surface area contributed by atoms with Crippen LogP contribution in [0.2, 0.25) is 0 Å². The molecule has 0 radical (unpaired) electrons. The first-order valence-corrected chi connectivity index (χ1v) is 8.06. The number of benzene rings is 1. The van der Waals surface area contributed by atoms with Gasteiger partial charge in [0.25, 0.3) is 5.91 Å². The highest BCUT2D eigenvalue weighted by molar-refractivity contribution is 5.97. The summed E-state index contributed by atoms with van der Waals surface area (Å²) >= 11 is 0. The molecule has 1 aromatic heterocycles. The van der Waals surface area contributed by atoms with Crippen LogP contribution in [0, 0.1) is 17.2 Å². The van der Waals surface area contributed by atoms with Gasteiger partial charge in [-0.3, -0.25) is 9.78 Å². The molecular formula is C18H16F4N2O. The van der Waals surface area contributed by atoms with Crippen LogP contribution in [0.1, 0.15) is 36.5 Å². The van der Waals surface area contributed by atoms with Crippen molar-refractivity contribution in [1.82, 2.24) is 10.3 Å². The van der Waals surface area contributed by atoms with Gasteiger partial charge in [-0.05, 0) is 36.3 Å². The topological polar surface area (TPSA) is 42.0 Å². The fraction of sp³-hybridized carbons (Fsp3) is 0.444. The zero-order valence-electron chi connectivity index (χ0n) is 13.5. The first-order chi connectivity index (χ1) is 11.6. The van der Waals surface area contributed by atoms with Crippen molar-refractivity contribution in [3.8, 4) is 0 Å². The van der Waals surface area contributed by atoms with Crippen LogP contribution >= 0.6 is 0 Å². The van der Waals surface area contributed by atoms with Crippen molar-refractivity contribution in [2.24, 2.45) is 11.3 Å². The van der Waals surface area contributed by atoms with E-state index in [1.807, 2.05) is 6.92 Å². The van der Waals surface area contributed by atoms with Gasteiger partial charge in [-0.1, -0.05) is 19.1 Å². The highest BCUT2D eigenvalue weighted by Gasteiger charge is 2.74. The van der Waals surface area contributed by atoms with E-state index in [-0.39, 0.29) is 22.4 Å². The molecule has 0 spiro atoms. The van der Waals surface area contributed by atoms with Crippen molar-refractivity contribution in [1.29, 1.82) is 0 Å². The zero-order chi connectivity index (χ0) is 18.0. The number of hydrogen-bond acceptors (Lipinski definition) is 2. The van der Waals surface area contributed by atoms with Gasteiger partial charge in [0.1, 0.15) is 11.3 Å². The van der Waals surface area contributed by atoms with Gasteiger partial charge in [-0.25, -0.2) is 4.39 Å². The summed E-state index contributed by atoms with van der Waals surface area (Å²) in [5.41, 5.74) is -1.05. The Bertz CT molecular complexity index is 881. The average Bonchev–Trinajstić information content (AvgIpc) is 3.09. The second-order valence-corrected chi connectivity index (χ2v) is 7.53. The Labute approximate surface area is 141 Å². The van der Waals surface area contributed by atoms with Gasteiger partial charge in [0.15, 0.2) is 0 Å². The zero-order valence-corrected chi connectivity index (χ0v) is 13.5. The molecule has 1 aromatic carbocycles. The van der Waals surface area contributed by atoms with Crippen LogP contribution in [0.3, 0.4) is 0 Å². The van der Waals surface area contributed by atoms with E-state index in [1.165, 1.54) is 24.4 Å². The number of nitrogens with zero attached hydrogens (tertiary/aromatic N) is 1. The maximum absolute atomic E-state index is 13.7. The lowest BCUT2D eigenvalue weighted by atomic mass is 9.67. The van der Waals surface area contributed by atoms with Crippen molar-refractivity contribution in [2.75, 3.05) is 0 Å². The third-order valence-corrected chi connectivity index (χ3v) is 5.54. The largest absolute Gasteiger partial charge is 0.391 e. The molecule has 2 fully saturated rings. The van der Waals surface area contributed by atoms with Crippen molar-refractivity contribution < 1.29 is 22.4 Å². The number of fused-ring (bicyclic) bond motifs is 2. The van der Waals surface area contributed by atoms with E-state index in [0.29, 0.717) is 18.2 Å². The highest BCUT2D eigenvalue weighted by Crippen LogP contribution is 2.73. The smallest absolute Gasteiger partial charge is 0.346 e. The molecule has 132 valence electrons. The van der Waals surface area contributed by atoms with Crippen molar-refractivity contribution in [3.63, 3.8) is 0 Å². The van der Waals surface area contributed by atoms with E-state index in [9.17, 15) is 22.4 Å². The molecule has 2 aliphatic rings. The number of halogens is 4. The number of amides is 1. The third-order valence-electron chi connectivity index (χ3n) is 5.54. The SMILES string of the molecule is CC12CC1[C@](CC(F)(F)F)(NC(=O)c1cnc3c(F)cccc3c1)C2. The number of pyridine rings is 1. The van der Waals surface area contributed by atoms with E-state index in [0.717, 1.165) is 0 Å². The first kappa shape index (κ1) is 16.3. The lowest BCUT2D eigenvalue weighted by molar-refractivity contribution is -0.161. The Kier molecular flexibility index (Phi) is 3.21. The Morgan fingerprint density at radius 3 is 2.76 bits per heavy atom. The Morgan fingerprint density at radius 2 is 2.16 bits per heavy atom. The second-order valence-electron chi connectivity index (χ2n) is 7.53. The summed E-state index contributed by atoms with van der Waals surface area (Å²) in [6.45, 7) is 1.94. The Balaban J connectivity index is 1.60. The van der Waals surface area contributed by atoms with Crippen LogP contribution in [0.15, 0.2) is 30.5 Å². The predicted octanol–water partition coefficient (Wildman–Crippen LogP) is 4.22. The molecule has 2 saturated carbocycles. The molecular weight excluding hydrogens is 336 g/mol. The summed E-state index contributed by atoms with van der Waals surface area (Å²) in [7, 11) is 0. The van der Waals surface area contributed by atoms with Gasteiger partial charge >= 0.3 is 6.18 Å². The monoisotopic (exact) mass is 352 g/mol. The van der Waals surface area contributed by atoms with E-state index in [1.54, 1.807) is 6.07 Å². The summed E-state index contributed by atoms with van der Waals surface area (Å²) in [5.74, 6) is -1.25. The molecule has 0 saturated heterocycles. The summed E-state index contributed by atoms with van der Waals surface area (Å²) in [4.78, 5) is 16.5. The summed E-state index contributed by atoms with van der Waals surface area (Å²) in [6.07, 6.45) is -3.15. The Morgan fingerprint density at radius 1 is 1.40 bits per heavy atom. The molecule has 25 heavy (non-hydrogen) atoms. The molecule has 2 aromatic rings. The van der Waals surface area contributed by atoms with Crippen molar-refractivity contribution in [2.45, 2.75) is 37.9 Å². The van der Waals surface area contributed by atoms with E-state index in [4.69, 9.17) is 0 Å². The summed E-state index contributed by atoms with van der Waals surface area (Å²) < 4.78 is 52.6. The van der Waals surface area contributed by atoms with Crippen LogP contribution in [-0.2, 0) is 0 Å². The molecule has 2 unspecified atom stereocenters. The van der Waals surface area contributed by atoms with Crippen LogP contribution in [0.5, 0.6) is 0 Å². The number of aromatic nitrogens is 1. The van der Waals surface area contributed by atoms with Gasteiger partial charge in [-0.15, -0.1) is 0 Å². The molecule has 3 atom stereocenters. The number of hydrogen-bond donors (Lipinski definition) is 1. The van der Waals surface area contributed by atoms with Gasteiger partial charge in [-0.2, -0.15) is 13.2 Å². The molecule has 2 aliphatic carbocycles. The number of para-hydroxylation sites is 1. The number of rotatable bonds is 3. The van der Waals surface area contributed by atoms with Gasteiger partial charge in [0.2, 0.25) is 0 Å². The van der Waals surface area contributed by atoms with Gasteiger partial charge < -0.3 is 5.32 Å². The second kappa shape index (κ2) is 4.93. The predicted molar refractivity (Wildman–Crippen MR) is 83.4 cm³/mol. The quantitative estimate of drug-likeness (QED) is 0.840. The molecule has 1 amide bonds. The minimum absolute atomic E-state index is 0.0801. The van der Waals surface area contributed by atoms with Crippen molar-refractivity contribution >= 4 is 16.8 Å². The minimum atomic E-state index is -4.35. The summed E-state index contributed by atoms with van der Waals surface area (Å²) in [5, 5.41) is 3.04.